The summed E-state index contributed by atoms with van der Waals surface area (Å²) in [5, 5.41) is 9.08. The van der Waals surface area contributed by atoms with Crippen molar-refractivity contribution in [2.45, 2.75) is 32.9 Å². The van der Waals surface area contributed by atoms with Crippen molar-refractivity contribution in [1.82, 2.24) is 9.80 Å². The molecule has 3 rings (SSSR count). The minimum atomic E-state index is -1.05. The van der Waals surface area contributed by atoms with Crippen molar-refractivity contribution in [3.8, 4) is 0 Å². The number of amides is 2. The van der Waals surface area contributed by atoms with Gasteiger partial charge in [-0.05, 0) is 37.1 Å². The van der Waals surface area contributed by atoms with E-state index in [4.69, 9.17) is 9.52 Å². The number of furan rings is 1. The molecule has 0 radical (unpaired) electrons. The zero-order valence-corrected chi connectivity index (χ0v) is 15.4. The van der Waals surface area contributed by atoms with E-state index in [1.54, 1.807) is 26.1 Å². The van der Waals surface area contributed by atoms with E-state index in [2.05, 4.69) is 0 Å². The molecular weight excluding hydrogens is 348 g/mol. The molecule has 1 saturated heterocycles. The lowest BCUT2D eigenvalue weighted by atomic mass is 10.1. The molecule has 0 spiro atoms. The Morgan fingerprint density at radius 1 is 1.26 bits per heavy atom. The van der Waals surface area contributed by atoms with Crippen LogP contribution in [0.1, 0.15) is 50.6 Å². The van der Waals surface area contributed by atoms with E-state index in [-0.39, 0.29) is 23.9 Å². The van der Waals surface area contributed by atoms with Gasteiger partial charge in [-0.3, -0.25) is 9.59 Å². The predicted octanol–water partition coefficient (Wildman–Crippen LogP) is 2.68. The predicted molar refractivity (Wildman–Crippen MR) is 97.3 cm³/mol. The molecule has 142 valence electrons. The molecule has 7 nitrogen and oxygen atoms in total. The fourth-order valence-electron chi connectivity index (χ4n) is 3.20. The van der Waals surface area contributed by atoms with Gasteiger partial charge in [0.25, 0.3) is 5.91 Å². The molecule has 1 fully saturated rings. The normalized spacial score (nSPS) is 13.9. The summed E-state index contributed by atoms with van der Waals surface area (Å²) in [6, 6.07) is 8.63. The van der Waals surface area contributed by atoms with Crippen molar-refractivity contribution in [2.75, 3.05) is 13.6 Å². The Balaban J connectivity index is 1.63. The number of nitrogens with zero attached hydrogens (tertiary/aromatic N) is 2. The number of carboxylic acids is 1. The molecule has 0 bridgehead atoms. The minimum absolute atomic E-state index is 0.103. The summed E-state index contributed by atoms with van der Waals surface area (Å²) in [6.07, 6.45) is 1.51. The van der Waals surface area contributed by atoms with E-state index in [1.807, 2.05) is 17.0 Å². The van der Waals surface area contributed by atoms with Crippen LogP contribution in [0.5, 0.6) is 0 Å². The van der Waals surface area contributed by atoms with Gasteiger partial charge in [0.1, 0.15) is 17.1 Å². The van der Waals surface area contributed by atoms with Crippen LogP contribution in [0.25, 0.3) is 0 Å². The third-order valence-corrected chi connectivity index (χ3v) is 4.68. The minimum Gasteiger partial charge on any atom is -0.478 e. The van der Waals surface area contributed by atoms with Crippen molar-refractivity contribution in [1.29, 1.82) is 0 Å². The van der Waals surface area contributed by atoms with Crippen molar-refractivity contribution in [2.24, 2.45) is 0 Å². The molecule has 2 amide bonds. The molecule has 1 aliphatic rings. The Morgan fingerprint density at radius 2 is 1.96 bits per heavy atom. The number of aromatic carboxylic acids is 1. The van der Waals surface area contributed by atoms with Crippen molar-refractivity contribution >= 4 is 17.8 Å². The largest absolute Gasteiger partial charge is 0.478 e. The maximum absolute atomic E-state index is 12.6. The van der Waals surface area contributed by atoms with Crippen LogP contribution < -0.4 is 0 Å². The fraction of sp³-hybridized carbons (Fsp3) is 0.350. The van der Waals surface area contributed by atoms with Gasteiger partial charge in [-0.1, -0.05) is 12.1 Å². The third-order valence-electron chi connectivity index (χ3n) is 4.68. The lowest BCUT2D eigenvalue weighted by molar-refractivity contribution is -0.128. The number of carbonyl (C=O) groups excluding carboxylic acids is 2. The summed E-state index contributed by atoms with van der Waals surface area (Å²) in [5.41, 5.74) is 1.61. The maximum Gasteiger partial charge on any atom is 0.339 e. The Morgan fingerprint density at radius 3 is 2.52 bits per heavy atom. The summed E-state index contributed by atoms with van der Waals surface area (Å²) in [4.78, 5) is 38.7. The number of carbonyl (C=O) groups is 3. The van der Waals surface area contributed by atoms with E-state index >= 15 is 0 Å². The van der Waals surface area contributed by atoms with Gasteiger partial charge in [-0.2, -0.15) is 0 Å². The van der Waals surface area contributed by atoms with Gasteiger partial charge in [0.15, 0.2) is 0 Å². The van der Waals surface area contributed by atoms with E-state index in [0.717, 1.165) is 18.5 Å². The lowest BCUT2D eigenvalue weighted by Gasteiger charge is -2.17. The van der Waals surface area contributed by atoms with Gasteiger partial charge < -0.3 is 19.3 Å². The highest BCUT2D eigenvalue weighted by Gasteiger charge is 2.21. The Hall–Kier alpha value is -3.09. The molecule has 0 saturated carbocycles. The molecule has 1 aromatic heterocycles. The van der Waals surface area contributed by atoms with E-state index in [0.29, 0.717) is 30.0 Å². The first-order valence-electron chi connectivity index (χ1n) is 8.80. The van der Waals surface area contributed by atoms with Gasteiger partial charge in [0.05, 0.1) is 6.54 Å². The molecule has 7 heteroatoms. The quantitative estimate of drug-likeness (QED) is 0.844. The molecule has 2 aromatic rings. The zero-order chi connectivity index (χ0) is 19.6. The first-order valence-corrected chi connectivity index (χ1v) is 8.80. The number of benzene rings is 1. The summed E-state index contributed by atoms with van der Waals surface area (Å²) >= 11 is 0. The summed E-state index contributed by atoms with van der Waals surface area (Å²) < 4.78 is 5.42. The van der Waals surface area contributed by atoms with Crippen LogP contribution in [0.4, 0.5) is 0 Å². The molecule has 1 aliphatic heterocycles. The highest BCUT2D eigenvalue weighted by atomic mass is 16.4. The molecule has 27 heavy (non-hydrogen) atoms. The van der Waals surface area contributed by atoms with E-state index in [9.17, 15) is 14.4 Å². The van der Waals surface area contributed by atoms with Gasteiger partial charge in [-0.15, -0.1) is 0 Å². The lowest BCUT2D eigenvalue weighted by Crippen LogP contribution is -2.26. The summed E-state index contributed by atoms with van der Waals surface area (Å²) in [6.45, 7) is 3.10. The second-order valence-corrected chi connectivity index (χ2v) is 6.76. The maximum atomic E-state index is 12.6. The fourth-order valence-corrected chi connectivity index (χ4v) is 3.20. The highest BCUT2D eigenvalue weighted by Crippen LogP contribution is 2.18. The van der Waals surface area contributed by atoms with Crippen LogP contribution in [0.2, 0.25) is 0 Å². The number of hydrogen-bond acceptors (Lipinski definition) is 4. The molecule has 0 atom stereocenters. The first-order chi connectivity index (χ1) is 12.8. The zero-order valence-electron chi connectivity index (χ0n) is 15.4. The number of hydrogen-bond donors (Lipinski definition) is 1. The molecule has 2 heterocycles. The SMILES string of the molecule is Cc1oc(CN(C)C(=O)c2ccc(CN3CCCC3=O)cc2)cc1C(=O)O. The monoisotopic (exact) mass is 370 g/mol. The average molecular weight is 370 g/mol. The summed E-state index contributed by atoms with van der Waals surface area (Å²) in [7, 11) is 1.64. The molecule has 0 aliphatic carbocycles. The van der Waals surface area contributed by atoms with Gasteiger partial charge >= 0.3 is 5.97 Å². The smallest absolute Gasteiger partial charge is 0.339 e. The number of carboxylic acid groups (broad SMARTS) is 1. The van der Waals surface area contributed by atoms with Crippen molar-refractivity contribution < 1.29 is 23.9 Å². The number of rotatable bonds is 6. The Bertz CT molecular complexity index is 869. The topological polar surface area (TPSA) is 91.1 Å². The molecule has 1 aromatic carbocycles. The standard InChI is InChI=1S/C20H22N2O5/c1-13-17(20(25)26)10-16(27-13)12-21(2)19(24)15-7-5-14(6-8-15)11-22-9-3-4-18(22)23/h5-8,10H,3-4,9,11-12H2,1-2H3,(H,25,26). The third kappa shape index (κ3) is 4.19. The van der Waals surface area contributed by atoms with Crippen LogP contribution >= 0.6 is 0 Å². The van der Waals surface area contributed by atoms with E-state index in [1.165, 1.54) is 11.0 Å². The first kappa shape index (κ1) is 18.7. The van der Waals surface area contributed by atoms with Crippen LogP contribution in [-0.2, 0) is 17.9 Å². The van der Waals surface area contributed by atoms with Crippen molar-refractivity contribution in [3.63, 3.8) is 0 Å². The number of aryl methyl sites for hydroxylation is 1. The van der Waals surface area contributed by atoms with Crippen LogP contribution in [0.3, 0.4) is 0 Å². The van der Waals surface area contributed by atoms with Gasteiger partial charge in [0.2, 0.25) is 5.91 Å². The van der Waals surface area contributed by atoms with Gasteiger partial charge in [-0.25, -0.2) is 4.79 Å². The second-order valence-electron chi connectivity index (χ2n) is 6.76. The van der Waals surface area contributed by atoms with E-state index < -0.39 is 5.97 Å². The number of likely N-dealkylation sites (tertiary alicyclic amines) is 1. The van der Waals surface area contributed by atoms with Crippen molar-refractivity contribution in [3.05, 3.63) is 58.5 Å². The van der Waals surface area contributed by atoms with Gasteiger partial charge in [0, 0.05) is 32.1 Å². The summed E-state index contributed by atoms with van der Waals surface area (Å²) in [5.74, 6) is -0.332. The molecule has 1 N–H and O–H groups in total. The van der Waals surface area contributed by atoms with Crippen LogP contribution in [0, 0.1) is 6.92 Å². The highest BCUT2D eigenvalue weighted by molar-refractivity contribution is 5.94. The second kappa shape index (κ2) is 7.65. The Kier molecular flexibility index (Phi) is 5.30. The Labute approximate surface area is 157 Å². The molecular formula is C20H22N2O5. The van der Waals surface area contributed by atoms with Crippen LogP contribution in [0.15, 0.2) is 34.7 Å². The molecule has 0 unspecified atom stereocenters. The average Bonchev–Trinajstić information content (AvgIpc) is 3.20. The van der Waals surface area contributed by atoms with Crippen LogP contribution in [-0.4, -0.2) is 46.3 Å².